The standard InChI is InChI=1S/C31H47ClN2O4.C22H31N5O5Si.C17H26ClNO2/c1-38-11-3-2-9-31(37,24-6-4-8-27(32)16-24)25-7-5-10-34(20-25)28(35)15-23(19-33)29(36)30-17-21-12-22(18-30)14-26(30)13-21;1-33(2,3)32-20(22-11-14-8-15(12-22)10-16(22)9-14)19(13-24-26-23)25-21(28)31-18-6-4-17(5-7-18)27(29)30;1-21-11-3-2-9-17(20,15-7-5-10-19-13-15)14-6-4-8-16(18)12-14/h4,6,8,16,21-23,25-26,29,36-37H,2-3,5,7,9-15,17-20,33H2,1H3;4-7,14-16,19-20H,8-13H2,1-3H3,(H,25,28);4,6,8,12,15,19-20H,2-3,5,7,9-11,13H2,1H3/t21?,22?,23-,25-,26?,29-,30?,31-;14?,15?,16?,19-,20-,22?;15-,17-/m111/s1. The average molecular weight is 1330 g/mol. The van der Waals surface area contributed by atoms with Crippen LogP contribution >= 0.6 is 23.2 Å². The van der Waals surface area contributed by atoms with Crippen LogP contribution in [0.25, 0.3) is 10.4 Å². The van der Waals surface area contributed by atoms with E-state index in [0.29, 0.717) is 66.4 Å². The van der Waals surface area contributed by atoms with Crippen LogP contribution in [0.3, 0.4) is 0 Å². The molecule has 2 amide bonds. The zero-order valence-corrected chi connectivity index (χ0v) is 57.6. The van der Waals surface area contributed by atoms with Gasteiger partial charge in [-0.3, -0.25) is 14.9 Å². The summed E-state index contributed by atoms with van der Waals surface area (Å²) < 4.78 is 22.5. The molecule has 2 heterocycles. The summed E-state index contributed by atoms with van der Waals surface area (Å²) in [7, 11) is 1.42. The second-order valence-corrected chi connectivity index (χ2v) is 35.0. The SMILES string of the molecule is COCCCC[C@@](O)(c1cccc(Cl)c1)[C@@H]1CCCN(C(=O)C[C@H](CN)[C@@H](O)C23CC4CC(CC2C4)C3)C1.COCCCC[C@@](O)(c1cccc(Cl)c1)[C@@H]1CCCNC1.C[Si](C)(C)O[C@H]([C@@H](CN=[N+]=[N-])NC(=O)Oc1ccc([N+](=O)[O-])cc1)C12CC3CC(CC1C3)C2. The van der Waals surface area contributed by atoms with Gasteiger partial charge in [0, 0.05) is 110 Å². The number of nitrogens with two attached hydrogens (primary N) is 1. The molecular weight excluding hydrogens is 1230 g/mol. The van der Waals surface area contributed by atoms with Crippen LogP contribution in [-0.4, -0.2) is 130 Å². The van der Waals surface area contributed by atoms with Crippen molar-refractivity contribution in [3.8, 4) is 5.75 Å². The van der Waals surface area contributed by atoms with Gasteiger partial charge in [-0.15, -0.1) is 0 Å². The van der Waals surface area contributed by atoms with Gasteiger partial charge in [0.15, 0.2) is 8.32 Å². The van der Waals surface area contributed by atoms with Crippen LogP contribution in [0.15, 0.2) is 77.9 Å². The zero-order valence-electron chi connectivity index (χ0n) is 55.0. The van der Waals surface area contributed by atoms with E-state index in [1.807, 2.05) is 53.4 Å². The van der Waals surface area contributed by atoms with Gasteiger partial charge in [-0.1, -0.05) is 52.6 Å². The van der Waals surface area contributed by atoms with E-state index < -0.39 is 42.7 Å². The summed E-state index contributed by atoms with van der Waals surface area (Å²) in [5.74, 6) is 4.33. The Kier molecular flexibility index (Phi) is 25.1. The molecule has 0 spiro atoms. The first-order valence-corrected chi connectivity index (χ1v) is 38.4. The lowest BCUT2D eigenvalue weighted by Gasteiger charge is -2.46. The molecule has 8 bridgehead atoms. The largest absolute Gasteiger partial charge is 0.412 e. The number of ether oxygens (including phenoxy) is 3. The van der Waals surface area contributed by atoms with E-state index in [2.05, 4.69) is 40.3 Å². The summed E-state index contributed by atoms with van der Waals surface area (Å²) in [5, 5.41) is 57.4. The Balaban J connectivity index is 0.000000170. The number of amides is 2. The highest BCUT2D eigenvalue weighted by molar-refractivity contribution is 6.69. The van der Waals surface area contributed by atoms with Crippen molar-refractivity contribution in [3.05, 3.63) is 115 Å². The molecule has 10 aliphatic rings. The molecule has 13 rings (SSSR count). The van der Waals surface area contributed by atoms with E-state index in [1.54, 1.807) is 14.2 Å². The Morgan fingerprint density at radius 2 is 1.37 bits per heavy atom. The lowest BCUT2D eigenvalue weighted by molar-refractivity contribution is -0.384. The number of rotatable bonds is 28. The van der Waals surface area contributed by atoms with Gasteiger partial charge in [0.25, 0.3) is 5.69 Å². The number of nitrogens with one attached hydrogen (secondary N) is 2. The van der Waals surface area contributed by atoms with Crippen molar-refractivity contribution in [2.75, 3.05) is 66.7 Å². The Labute approximate surface area is 556 Å². The first-order chi connectivity index (χ1) is 44.0. The minimum absolute atomic E-state index is 0.00978. The average Bonchev–Trinajstić information content (AvgIpc) is 1.57. The van der Waals surface area contributed by atoms with Crippen LogP contribution in [0.2, 0.25) is 29.7 Å². The van der Waals surface area contributed by atoms with E-state index in [4.69, 9.17) is 53.1 Å². The van der Waals surface area contributed by atoms with Gasteiger partial charge in [-0.25, -0.2) is 4.79 Å². The molecule has 3 aromatic rings. The predicted octanol–water partition coefficient (Wildman–Crippen LogP) is 13.5. The number of aliphatic hydroxyl groups excluding tert-OH is 1. The number of benzene rings is 3. The Morgan fingerprint density at radius 3 is 1.87 bits per heavy atom. The molecule has 92 heavy (non-hydrogen) atoms. The van der Waals surface area contributed by atoms with Gasteiger partial charge in [0.2, 0.25) is 5.91 Å². The molecule has 10 fully saturated rings. The first-order valence-electron chi connectivity index (χ1n) is 34.3. The van der Waals surface area contributed by atoms with Gasteiger partial charge in [-0.2, -0.15) is 0 Å². The second-order valence-electron chi connectivity index (χ2n) is 29.6. The van der Waals surface area contributed by atoms with Crippen LogP contribution in [0, 0.1) is 74.2 Å². The number of carbonyl (C=O) groups excluding carboxylic acids is 2. The van der Waals surface area contributed by atoms with Crippen molar-refractivity contribution in [1.29, 1.82) is 0 Å². The molecule has 2 aliphatic heterocycles. The highest BCUT2D eigenvalue weighted by Gasteiger charge is 2.64. The molecule has 19 nitrogen and oxygen atoms in total. The van der Waals surface area contributed by atoms with Gasteiger partial charge < -0.3 is 55.2 Å². The summed E-state index contributed by atoms with van der Waals surface area (Å²) in [6.45, 7) is 11.3. The van der Waals surface area contributed by atoms with E-state index in [9.17, 15) is 35.0 Å². The molecule has 7 N–H and O–H groups in total. The third-order valence-electron chi connectivity index (χ3n) is 22.6. The van der Waals surface area contributed by atoms with Crippen LogP contribution < -0.4 is 21.1 Å². The van der Waals surface area contributed by atoms with Gasteiger partial charge >= 0.3 is 6.09 Å². The summed E-state index contributed by atoms with van der Waals surface area (Å²) in [4.78, 5) is 41.6. The summed E-state index contributed by atoms with van der Waals surface area (Å²) in [6, 6.07) is 20.0. The fourth-order valence-corrected chi connectivity index (χ4v) is 20.4. The third kappa shape index (κ3) is 17.2. The maximum atomic E-state index is 13.7. The Morgan fingerprint density at radius 1 is 0.826 bits per heavy atom. The number of nitrogens with zero attached hydrogens (tertiary/aromatic N) is 5. The number of aliphatic hydroxyl groups is 3. The zero-order chi connectivity index (χ0) is 65.8. The molecule has 8 aliphatic carbocycles. The number of methoxy groups -OCH3 is 2. The van der Waals surface area contributed by atoms with Crippen molar-refractivity contribution in [3.63, 3.8) is 0 Å². The smallest absolute Gasteiger partial charge is 0.412 e. The molecule has 3 aromatic carbocycles. The normalized spacial score (nSPS) is 29.3. The van der Waals surface area contributed by atoms with E-state index in [1.165, 1.54) is 62.8 Å². The van der Waals surface area contributed by atoms with E-state index in [0.717, 1.165) is 126 Å². The number of hydrogen-bond donors (Lipinski definition) is 6. The lowest BCUT2D eigenvalue weighted by Crippen LogP contribution is -2.58. The molecule has 8 saturated carbocycles. The lowest BCUT2D eigenvalue weighted by atomic mass is 9.67. The predicted molar refractivity (Wildman–Crippen MR) is 360 cm³/mol. The Bertz CT molecular complexity index is 2940. The van der Waals surface area contributed by atoms with Crippen LogP contribution in [0.4, 0.5) is 10.5 Å². The fourth-order valence-electron chi connectivity index (χ4n) is 18.9. The van der Waals surface area contributed by atoms with Crippen molar-refractivity contribution in [2.45, 2.75) is 184 Å². The molecule has 12 atom stereocenters. The number of likely N-dealkylation sites (tertiary alicyclic amines) is 1. The monoisotopic (exact) mass is 1330 g/mol. The number of azide groups is 1. The third-order valence-corrected chi connectivity index (χ3v) is 24.0. The van der Waals surface area contributed by atoms with Crippen LogP contribution in [0.5, 0.6) is 5.75 Å². The number of carbonyl (C=O) groups is 2. The van der Waals surface area contributed by atoms with Crippen LogP contribution in [-0.2, 0) is 29.9 Å². The molecule has 22 heteroatoms. The second kappa shape index (κ2) is 32.1. The number of hydrogen-bond acceptors (Lipinski definition) is 14. The van der Waals surface area contributed by atoms with Gasteiger partial charge in [-0.05, 0) is 255 Å². The number of nitro benzene ring substituents is 1. The van der Waals surface area contributed by atoms with Crippen LogP contribution in [0.1, 0.15) is 146 Å². The number of nitro groups is 1. The minimum Gasteiger partial charge on any atom is -0.412 e. The highest BCUT2D eigenvalue weighted by Crippen LogP contribution is 2.69. The van der Waals surface area contributed by atoms with E-state index in [-0.39, 0.29) is 65.0 Å². The summed E-state index contributed by atoms with van der Waals surface area (Å²) >= 11 is 12.5. The molecule has 0 aromatic heterocycles. The van der Waals surface area contributed by atoms with Crippen molar-refractivity contribution < 1.29 is 48.5 Å². The molecule has 0 radical (unpaired) electrons. The summed E-state index contributed by atoms with van der Waals surface area (Å²) in [5.41, 5.74) is 15.0. The maximum Gasteiger partial charge on any atom is 0.412 e. The van der Waals surface area contributed by atoms with E-state index >= 15 is 0 Å². The van der Waals surface area contributed by atoms with Crippen molar-refractivity contribution in [1.82, 2.24) is 15.5 Å². The number of halogens is 2. The molecular formula is C70H104Cl2N8O11Si. The first kappa shape index (κ1) is 71.9. The van der Waals surface area contributed by atoms with Gasteiger partial charge in [0.1, 0.15) is 5.75 Å². The number of piperidine rings is 2. The Hall–Kier alpha value is -4.41. The fraction of sp³-hybridized carbons (Fsp3) is 0.714. The topological polar surface area (TPSA) is 277 Å². The summed E-state index contributed by atoms with van der Waals surface area (Å²) in [6.07, 6.45) is 19.6. The molecule has 508 valence electrons. The minimum atomic E-state index is -2.00. The highest BCUT2D eigenvalue weighted by atomic mass is 35.5. The van der Waals surface area contributed by atoms with Gasteiger partial charge in [0.05, 0.1) is 34.4 Å². The number of non-ortho nitro benzene ring substituents is 1. The van der Waals surface area contributed by atoms with Crippen molar-refractivity contribution in [2.24, 2.45) is 74.9 Å². The number of unbranched alkanes of at least 4 members (excludes halogenated alkanes) is 2. The quantitative estimate of drug-likeness (QED) is 0.00751. The molecule has 2 saturated heterocycles. The maximum absolute atomic E-state index is 13.7. The van der Waals surface area contributed by atoms with Crippen molar-refractivity contribution >= 4 is 49.2 Å². The molecule has 4 unspecified atom stereocenters.